The molecule has 0 saturated heterocycles. The van der Waals surface area contributed by atoms with E-state index in [0.717, 1.165) is 4.47 Å². The van der Waals surface area contributed by atoms with Gasteiger partial charge in [-0.25, -0.2) is 0 Å². The highest BCUT2D eigenvalue weighted by atomic mass is 79.9. The number of halogens is 1. The first-order valence-electron chi connectivity index (χ1n) is 5.09. The van der Waals surface area contributed by atoms with Gasteiger partial charge in [-0.05, 0) is 46.7 Å². The molecule has 92 valence electrons. The molecule has 0 aliphatic heterocycles. The number of carbonyl (C=O) groups is 1. The van der Waals surface area contributed by atoms with E-state index in [1.54, 1.807) is 18.2 Å². The van der Waals surface area contributed by atoms with Crippen LogP contribution in [-0.2, 0) is 0 Å². The fourth-order valence-corrected chi connectivity index (χ4v) is 1.80. The first-order valence-corrected chi connectivity index (χ1v) is 6.30. The summed E-state index contributed by atoms with van der Waals surface area (Å²) >= 11 is 8.24. The average molecular weight is 317 g/mol. The van der Waals surface area contributed by atoms with E-state index < -0.39 is 0 Å². The van der Waals surface area contributed by atoms with Crippen molar-refractivity contribution in [3.05, 3.63) is 34.3 Å². The molecule has 1 aromatic carbocycles. The molecular formula is C11H13BrN2O2S. The summed E-state index contributed by atoms with van der Waals surface area (Å²) in [5.41, 5.74) is 0.527. The minimum Gasteiger partial charge on any atom is -0.396 e. The summed E-state index contributed by atoms with van der Waals surface area (Å²) in [5, 5.41) is 14.3. The van der Waals surface area contributed by atoms with Gasteiger partial charge in [0.15, 0.2) is 5.11 Å². The van der Waals surface area contributed by atoms with Crippen molar-refractivity contribution in [3.8, 4) is 0 Å². The van der Waals surface area contributed by atoms with Crippen LogP contribution < -0.4 is 10.6 Å². The lowest BCUT2D eigenvalue weighted by Gasteiger charge is -2.09. The third-order valence-corrected chi connectivity index (χ3v) is 2.90. The summed E-state index contributed by atoms with van der Waals surface area (Å²) in [4.78, 5) is 11.8. The van der Waals surface area contributed by atoms with E-state index in [2.05, 4.69) is 26.6 Å². The van der Waals surface area contributed by atoms with Crippen LogP contribution in [0.2, 0.25) is 0 Å². The molecule has 0 heterocycles. The first-order chi connectivity index (χ1) is 8.15. The van der Waals surface area contributed by atoms with Crippen LogP contribution in [0.5, 0.6) is 0 Å². The number of hydrogen-bond acceptors (Lipinski definition) is 3. The Balaban J connectivity index is 2.49. The lowest BCUT2D eigenvalue weighted by atomic mass is 10.2. The van der Waals surface area contributed by atoms with Crippen LogP contribution in [0, 0.1) is 0 Å². The molecule has 0 aromatic heterocycles. The first kappa shape index (κ1) is 14.1. The van der Waals surface area contributed by atoms with Gasteiger partial charge in [0.05, 0.1) is 5.56 Å². The van der Waals surface area contributed by atoms with Crippen LogP contribution in [0.4, 0.5) is 0 Å². The second-order valence-electron chi connectivity index (χ2n) is 3.27. The summed E-state index contributed by atoms with van der Waals surface area (Å²) in [5.74, 6) is -0.265. The van der Waals surface area contributed by atoms with Gasteiger partial charge < -0.3 is 10.4 Å². The molecule has 0 fully saturated rings. The van der Waals surface area contributed by atoms with E-state index in [1.165, 1.54) is 0 Å². The van der Waals surface area contributed by atoms with Crippen LogP contribution in [-0.4, -0.2) is 29.3 Å². The Bertz CT molecular complexity index is 412. The van der Waals surface area contributed by atoms with E-state index in [4.69, 9.17) is 17.3 Å². The lowest BCUT2D eigenvalue weighted by Crippen LogP contribution is -2.39. The maximum Gasteiger partial charge on any atom is 0.258 e. The molecule has 1 rings (SSSR count). The minimum atomic E-state index is -0.265. The molecule has 0 atom stereocenters. The van der Waals surface area contributed by atoms with Crippen molar-refractivity contribution >= 4 is 39.2 Å². The summed E-state index contributed by atoms with van der Waals surface area (Å²) in [7, 11) is 0. The Labute approximate surface area is 114 Å². The number of carbonyl (C=O) groups excluding carboxylic acids is 1. The third-order valence-electron chi connectivity index (χ3n) is 1.97. The zero-order chi connectivity index (χ0) is 12.7. The number of aliphatic hydroxyl groups is 1. The maximum absolute atomic E-state index is 11.8. The number of nitrogens with one attached hydrogen (secondary N) is 2. The summed E-state index contributed by atoms with van der Waals surface area (Å²) < 4.78 is 0.718. The maximum atomic E-state index is 11.8. The normalized spacial score (nSPS) is 9.76. The molecule has 6 heteroatoms. The Kier molecular flexibility index (Phi) is 6.10. The van der Waals surface area contributed by atoms with Crippen molar-refractivity contribution < 1.29 is 9.90 Å². The van der Waals surface area contributed by atoms with E-state index in [1.807, 2.05) is 6.07 Å². The highest BCUT2D eigenvalue weighted by Crippen LogP contribution is 2.15. The van der Waals surface area contributed by atoms with Crippen molar-refractivity contribution in [2.75, 3.05) is 13.2 Å². The van der Waals surface area contributed by atoms with E-state index >= 15 is 0 Å². The van der Waals surface area contributed by atoms with Crippen LogP contribution in [0.1, 0.15) is 16.8 Å². The summed E-state index contributed by atoms with van der Waals surface area (Å²) in [6, 6.07) is 7.10. The van der Waals surface area contributed by atoms with Gasteiger partial charge in [0, 0.05) is 17.6 Å². The van der Waals surface area contributed by atoms with Crippen LogP contribution in [0.15, 0.2) is 28.7 Å². The second kappa shape index (κ2) is 7.37. The Morgan fingerprint density at radius 1 is 1.41 bits per heavy atom. The summed E-state index contributed by atoms with van der Waals surface area (Å²) in [6.45, 7) is 0.624. The standard InChI is InChI=1S/C11H13BrN2O2S/c12-9-5-2-1-4-8(9)10(16)14-11(17)13-6-3-7-15/h1-2,4-5,15H,3,6-7H2,(H2,13,14,16,17). The Hall–Kier alpha value is -0.980. The largest absolute Gasteiger partial charge is 0.396 e. The molecule has 0 bridgehead atoms. The number of benzene rings is 1. The molecule has 0 aliphatic rings. The van der Waals surface area contributed by atoms with Gasteiger partial charge in [-0.15, -0.1) is 0 Å². The quantitative estimate of drug-likeness (QED) is 0.581. The molecule has 17 heavy (non-hydrogen) atoms. The van der Waals surface area contributed by atoms with Gasteiger partial charge in [0.25, 0.3) is 5.91 Å². The number of thiocarbonyl (C=S) groups is 1. The van der Waals surface area contributed by atoms with Crippen molar-refractivity contribution in [3.63, 3.8) is 0 Å². The molecule has 3 N–H and O–H groups in total. The number of aliphatic hydroxyl groups excluding tert-OH is 1. The van der Waals surface area contributed by atoms with Gasteiger partial charge in [-0.2, -0.15) is 0 Å². The molecule has 1 aromatic rings. The monoisotopic (exact) mass is 316 g/mol. The smallest absolute Gasteiger partial charge is 0.258 e. The molecule has 0 aliphatic carbocycles. The van der Waals surface area contributed by atoms with Crippen LogP contribution in [0.3, 0.4) is 0 Å². The second-order valence-corrected chi connectivity index (χ2v) is 4.53. The third kappa shape index (κ3) is 4.80. The zero-order valence-corrected chi connectivity index (χ0v) is 11.5. The van der Waals surface area contributed by atoms with Crippen molar-refractivity contribution in [2.24, 2.45) is 0 Å². The number of amides is 1. The predicted octanol–water partition coefficient (Wildman–Crippen LogP) is 1.44. The van der Waals surface area contributed by atoms with Crippen LogP contribution >= 0.6 is 28.1 Å². The van der Waals surface area contributed by atoms with Crippen LogP contribution in [0.25, 0.3) is 0 Å². The lowest BCUT2D eigenvalue weighted by molar-refractivity contribution is 0.0976. The molecule has 0 unspecified atom stereocenters. The molecule has 4 nitrogen and oxygen atoms in total. The van der Waals surface area contributed by atoms with Gasteiger partial charge in [0.1, 0.15) is 0 Å². The minimum absolute atomic E-state index is 0.0911. The van der Waals surface area contributed by atoms with Gasteiger partial charge in [-0.3, -0.25) is 10.1 Å². The fourth-order valence-electron chi connectivity index (χ4n) is 1.14. The molecule has 0 radical (unpaired) electrons. The van der Waals surface area contributed by atoms with Gasteiger partial charge in [-0.1, -0.05) is 12.1 Å². The topological polar surface area (TPSA) is 61.4 Å². The van der Waals surface area contributed by atoms with Gasteiger partial charge >= 0.3 is 0 Å². The number of rotatable bonds is 4. The Morgan fingerprint density at radius 3 is 2.76 bits per heavy atom. The van der Waals surface area contributed by atoms with Gasteiger partial charge in [0.2, 0.25) is 0 Å². The summed E-state index contributed by atoms with van der Waals surface area (Å²) in [6.07, 6.45) is 0.588. The molecule has 1 amide bonds. The molecule has 0 spiro atoms. The van der Waals surface area contributed by atoms with Crippen molar-refractivity contribution in [1.29, 1.82) is 0 Å². The number of hydrogen-bond donors (Lipinski definition) is 3. The van der Waals surface area contributed by atoms with E-state index in [0.29, 0.717) is 18.5 Å². The van der Waals surface area contributed by atoms with Crippen molar-refractivity contribution in [1.82, 2.24) is 10.6 Å². The molecular weight excluding hydrogens is 304 g/mol. The van der Waals surface area contributed by atoms with E-state index in [-0.39, 0.29) is 17.6 Å². The highest BCUT2D eigenvalue weighted by molar-refractivity contribution is 9.10. The Morgan fingerprint density at radius 2 is 2.12 bits per heavy atom. The highest BCUT2D eigenvalue weighted by Gasteiger charge is 2.10. The fraction of sp³-hybridized carbons (Fsp3) is 0.273. The van der Waals surface area contributed by atoms with Crippen molar-refractivity contribution in [2.45, 2.75) is 6.42 Å². The average Bonchev–Trinajstić information content (AvgIpc) is 2.29. The predicted molar refractivity (Wildman–Crippen MR) is 73.9 cm³/mol. The van der Waals surface area contributed by atoms with E-state index in [9.17, 15) is 4.79 Å². The zero-order valence-electron chi connectivity index (χ0n) is 9.07. The molecule has 0 saturated carbocycles. The SMILES string of the molecule is O=C(NC(=S)NCCCO)c1ccccc1Br.